The zero-order valence-electron chi connectivity index (χ0n) is 10.6. The lowest BCUT2D eigenvalue weighted by molar-refractivity contribution is -0.138. The van der Waals surface area contributed by atoms with E-state index >= 15 is 0 Å². The smallest absolute Gasteiger partial charge is 0.305 e. The Morgan fingerprint density at radius 1 is 1.42 bits per heavy atom. The summed E-state index contributed by atoms with van der Waals surface area (Å²) < 4.78 is 0. The van der Waals surface area contributed by atoms with Gasteiger partial charge in [0.25, 0.3) is 0 Å². The molecule has 2 N–H and O–H groups in total. The van der Waals surface area contributed by atoms with Crippen LogP contribution < -0.4 is 5.32 Å². The average molecular weight is 278 g/mol. The Labute approximate surface area is 115 Å². The molecule has 1 fully saturated rings. The zero-order valence-corrected chi connectivity index (χ0v) is 11.5. The molecular formula is C13H14N2O3S. The second-order valence-electron chi connectivity index (χ2n) is 4.35. The predicted molar refractivity (Wildman–Crippen MR) is 74.8 cm³/mol. The summed E-state index contributed by atoms with van der Waals surface area (Å²) in [6.07, 6.45) is -0.192. The number of benzene rings is 1. The number of hydrogen-bond donors (Lipinski definition) is 2. The molecule has 1 aliphatic rings. The molecule has 0 spiro atoms. The Hall–Kier alpha value is -1.82. The van der Waals surface area contributed by atoms with Gasteiger partial charge in [0.2, 0.25) is 5.91 Å². The number of aliphatic carboxylic acids is 1. The fourth-order valence-corrected chi connectivity index (χ4v) is 2.80. The number of amides is 1. The largest absolute Gasteiger partial charge is 0.481 e. The Balaban J connectivity index is 2.22. The fraction of sp³-hybridized carbons (Fsp3) is 0.308. The number of rotatable bonds is 3. The first-order valence-corrected chi connectivity index (χ1v) is 6.69. The van der Waals surface area contributed by atoms with Gasteiger partial charge < -0.3 is 10.4 Å². The van der Waals surface area contributed by atoms with Crippen LogP contribution in [0.4, 0.5) is 5.69 Å². The van der Waals surface area contributed by atoms with Gasteiger partial charge in [0.15, 0.2) is 5.17 Å². The number of aliphatic imine (C=N–C) groups is 1. The van der Waals surface area contributed by atoms with Crippen LogP contribution in [-0.4, -0.2) is 27.4 Å². The second-order valence-corrected chi connectivity index (χ2v) is 5.54. The Morgan fingerprint density at radius 2 is 2.05 bits per heavy atom. The number of hydrogen-bond acceptors (Lipinski definition) is 4. The number of carboxylic acid groups (broad SMARTS) is 1. The van der Waals surface area contributed by atoms with Crippen LogP contribution in [0.1, 0.15) is 17.5 Å². The minimum Gasteiger partial charge on any atom is -0.481 e. The fourth-order valence-electron chi connectivity index (χ4n) is 1.83. The number of para-hydroxylation sites is 1. The van der Waals surface area contributed by atoms with E-state index < -0.39 is 11.2 Å². The Kier molecular flexibility index (Phi) is 3.90. The van der Waals surface area contributed by atoms with E-state index in [0.29, 0.717) is 5.17 Å². The molecule has 2 rings (SSSR count). The van der Waals surface area contributed by atoms with Gasteiger partial charge in [-0.3, -0.25) is 9.59 Å². The third kappa shape index (κ3) is 3.14. The number of amidine groups is 1. The molecule has 0 saturated carbocycles. The van der Waals surface area contributed by atoms with Crippen LogP contribution >= 0.6 is 11.8 Å². The van der Waals surface area contributed by atoms with Crippen LogP contribution in [0.3, 0.4) is 0 Å². The molecule has 1 heterocycles. The van der Waals surface area contributed by atoms with E-state index in [1.807, 2.05) is 32.0 Å². The van der Waals surface area contributed by atoms with Crippen LogP contribution in [0.5, 0.6) is 0 Å². The van der Waals surface area contributed by atoms with E-state index in [4.69, 9.17) is 5.11 Å². The maximum atomic E-state index is 11.6. The summed E-state index contributed by atoms with van der Waals surface area (Å²) in [5.74, 6) is -1.28. The molecule has 1 atom stereocenters. The molecular weight excluding hydrogens is 264 g/mol. The summed E-state index contributed by atoms with van der Waals surface area (Å²) in [5.41, 5.74) is 2.86. The van der Waals surface area contributed by atoms with Crippen molar-refractivity contribution in [2.24, 2.45) is 4.99 Å². The van der Waals surface area contributed by atoms with Crippen LogP contribution in [-0.2, 0) is 9.59 Å². The Bertz CT molecular complexity index is 549. The third-order valence-electron chi connectivity index (χ3n) is 2.79. The highest BCUT2D eigenvalue weighted by Crippen LogP contribution is 2.28. The van der Waals surface area contributed by atoms with Crippen molar-refractivity contribution in [2.75, 3.05) is 0 Å². The van der Waals surface area contributed by atoms with Gasteiger partial charge in [0.1, 0.15) is 5.25 Å². The summed E-state index contributed by atoms with van der Waals surface area (Å²) in [6.45, 7) is 3.89. The molecule has 0 radical (unpaired) electrons. The maximum Gasteiger partial charge on any atom is 0.305 e. The molecule has 1 aliphatic heterocycles. The van der Waals surface area contributed by atoms with E-state index in [-0.39, 0.29) is 12.3 Å². The molecule has 0 aliphatic carbocycles. The molecule has 19 heavy (non-hydrogen) atoms. The standard InChI is InChI=1S/C13H14N2O3S/c1-7-4-3-5-8(2)11(7)14-13-15-12(18)9(19-13)6-10(16)17/h3-5,9H,6H2,1-2H3,(H,16,17)(H,14,15,18)/t9-/m0/s1. The van der Waals surface area contributed by atoms with Crippen LogP contribution in [0, 0.1) is 13.8 Å². The van der Waals surface area contributed by atoms with Gasteiger partial charge in [-0.2, -0.15) is 0 Å². The van der Waals surface area contributed by atoms with Gasteiger partial charge in [-0.1, -0.05) is 30.0 Å². The van der Waals surface area contributed by atoms with Crippen molar-refractivity contribution in [3.8, 4) is 0 Å². The molecule has 1 aromatic carbocycles. The van der Waals surface area contributed by atoms with Crippen molar-refractivity contribution >= 4 is 34.5 Å². The number of carbonyl (C=O) groups excluding carboxylic acids is 1. The van der Waals surface area contributed by atoms with Crippen LogP contribution in [0.15, 0.2) is 23.2 Å². The minimum atomic E-state index is -0.985. The van der Waals surface area contributed by atoms with E-state index in [9.17, 15) is 9.59 Å². The monoisotopic (exact) mass is 278 g/mol. The predicted octanol–water partition coefficient (Wildman–Crippen LogP) is 2.00. The lowest BCUT2D eigenvalue weighted by atomic mass is 10.1. The summed E-state index contributed by atoms with van der Waals surface area (Å²) in [4.78, 5) is 26.7. The highest BCUT2D eigenvalue weighted by atomic mass is 32.2. The molecule has 0 unspecified atom stereocenters. The maximum absolute atomic E-state index is 11.6. The summed E-state index contributed by atoms with van der Waals surface area (Å²) in [6, 6.07) is 5.84. The molecule has 1 aromatic rings. The second kappa shape index (κ2) is 5.44. The normalized spacial score (nSPS) is 20.6. The molecule has 6 heteroatoms. The van der Waals surface area contributed by atoms with Crippen molar-refractivity contribution in [2.45, 2.75) is 25.5 Å². The van der Waals surface area contributed by atoms with Gasteiger partial charge in [0, 0.05) is 0 Å². The first-order chi connectivity index (χ1) is 8.97. The number of nitrogens with zero attached hydrogens (tertiary/aromatic N) is 1. The van der Waals surface area contributed by atoms with Crippen molar-refractivity contribution in [3.05, 3.63) is 29.3 Å². The van der Waals surface area contributed by atoms with Crippen molar-refractivity contribution in [1.82, 2.24) is 5.32 Å². The van der Waals surface area contributed by atoms with Gasteiger partial charge >= 0.3 is 5.97 Å². The molecule has 100 valence electrons. The Morgan fingerprint density at radius 3 is 2.63 bits per heavy atom. The molecule has 1 saturated heterocycles. The summed E-state index contributed by atoms with van der Waals surface area (Å²) in [5, 5.41) is 11.2. The molecule has 0 bridgehead atoms. The van der Waals surface area contributed by atoms with E-state index in [1.54, 1.807) is 0 Å². The average Bonchev–Trinajstić information content (AvgIpc) is 2.64. The number of carboxylic acids is 1. The molecule has 1 amide bonds. The van der Waals surface area contributed by atoms with Crippen molar-refractivity contribution in [3.63, 3.8) is 0 Å². The number of nitrogens with one attached hydrogen (secondary N) is 1. The van der Waals surface area contributed by atoms with Gasteiger partial charge in [-0.15, -0.1) is 0 Å². The molecule has 5 nitrogen and oxygen atoms in total. The van der Waals surface area contributed by atoms with E-state index in [1.165, 1.54) is 11.8 Å². The highest BCUT2D eigenvalue weighted by molar-refractivity contribution is 8.15. The first kappa shape index (κ1) is 13.6. The zero-order chi connectivity index (χ0) is 14.0. The van der Waals surface area contributed by atoms with E-state index in [0.717, 1.165) is 16.8 Å². The molecule has 0 aromatic heterocycles. The van der Waals surface area contributed by atoms with Crippen molar-refractivity contribution in [1.29, 1.82) is 0 Å². The van der Waals surface area contributed by atoms with Gasteiger partial charge in [0.05, 0.1) is 12.1 Å². The van der Waals surface area contributed by atoms with Crippen LogP contribution in [0.2, 0.25) is 0 Å². The summed E-state index contributed by atoms with van der Waals surface area (Å²) in [7, 11) is 0. The van der Waals surface area contributed by atoms with Crippen molar-refractivity contribution < 1.29 is 14.7 Å². The van der Waals surface area contributed by atoms with Gasteiger partial charge in [-0.25, -0.2) is 4.99 Å². The minimum absolute atomic E-state index is 0.192. The van der Waals surface area contributed by atoms with Crippen LogP contribution in [0.25, 0.3) is 0 Å². The quantitative estimate of drug-likeness (QED) is 0.886. The highest BCUT2D eigenvalue weighted by Gasteiger charge is 2.32. The number of thioether (sulfide) groups is 1. The number of carbonyl (C=O) groups is 2. The topological polar surface area (TPSA) is 78.8 Å². The van der Waals surface area contributed by atoms with Gasteiger partial charge in [-0.05, 0) is 25.0 Å². The lowest BCUT2D eigenvalue weighted by Crippen LogP contribution is -2.26. The third-order valence-corrected chi connectivity index (χ3v) is 3.87. The summed E-state index contributed by atoms with van der Waals surface area (Å²) >= 11 is 1.17. The lowest BCUT2D eigenvalue weighted by Gasteiger charge is -2.05. The van der Waals surface area contributed by atoms with E-state index in [2.05, 4.69) is 10.3 Å². The SMILES string of the molecule is Cc1cccc(C)c1N=C1NC(=O)[C@H](CC(=O)O)S1. The first-order valence-electron chi connectivity index (χ1n) is 5.81. The number of aryl methyl sites for hydroxylation is 2.